The minimum Gasteiger partial charge on any atom is -1.00 e. The fourth-order valence-electron chi connectivity index (χ4n) is 2.14. The second-order valence-electron chi connectivity index (χ2n) is 5.65. The van der Waals surface area contributed by atoms with Crippen LogP contribution in [0.15, 0.2) is 118 Å². The second kappa shape index (κ2) is 22.8. The number of hydrogen-bond donors (Lipinski definition) is 0. The van der Waals surface area contributed by atoms with Crippen LogP contribution in [0.1, 0.15) is 0 Å². The standard InChI is InChI=1S/2C11H10N2S2.3ClH.Cu/c2*1-5-12-6-2-10(1)14-9-15-11-3-7-13-8-4-11;;;;/h2*1-8H,9H2;3*1H;/q;;;;;+1/p-1. The van der Waals surface area contributed by atoms with Gasteiger partial charge in [0.05, 0.1) is 0 Å². The first-order chi connectivity index (χ1) is 14.9. The van der Waals surface area contributed by atoms with Crippen LogP contribution < -0.4 is 47.2 Å². The minimum atomic E-state index is 0. The summed E-state index contributed by atoms with van der Waals surface area (Å²) in [7, 11) is 0. The molecule has 0 spiro atoms. The zero-order chi connectivity index (χ0) is 20.7. The molecule has 0 unspecified atom stereocenters. The summed E-state index contributed by atoms with van der Waals surface area (Å²) >= 11 is 7.33. The van der Waals surface area contributed by atoms with E-state index >= 15 is 0 Å². The van der Waals surface area contributed by atoms with Crippen LogP contribution in [-0.2, 0) is 17.1 Å². The van der Waals surface area contributed by atoms with Crippen LogP contribution in [0, 0.1) is 0 Å². The molecule has 186 valence electrons. The number of aromatic nitrogens is 4. The summed E-state index contributed by atoms with van der Waals surface area (Å²) in [5.74, 6) is 0. The van der Waals surface area contributed by atoms with Crippen LogP contribution in [0.2, 0.25) is 0 Å². The SMILES string of the molecule is [Cl-].[Cl-].[Cl-].[Cu+].c1cc(SCSc2cc[nH+]cc2)ccn1.c1cc(SCSc2cc[nH+]cc2)ccn1. The largest absolute Gasteiger partial charge is 1.00 e. The van der Waals surface area contributed by atoms with Crippen LogP contribution in [-0.4, -0.2) is 20.1 Å². The summed E-state index contributed by atoms with van der Waals surface area (Å²) in [5, 5.41) is 2.04. The molecule has 0 radical (unpaired) electrons. The van der Waals surface area contributed by atoms with Crippen molar-refractivity contribution in [3.05, 3.63) is 98.1 Å². The summed E-state index contributed by atoms with van der Waals surface area (Å²) in [6, 6.07) is 16.5. The molecule has 0 aliphatic rings. The maximum atomic E-state index is 3.99. The Morgan fingerprint density at radius 1 is 0.471 bits per heavy atom. The molecule has 4 aromatic rings. The zero-order valence-corrected chi connectivity index (χ0v) is 24.1. The van der Waals surface area contributed by atoms with Crippen molar-refractivity contribution in [3.8, 4) is 0 Å². The van der Waals surface area contributed by atoms with E-state index in [0.717, 1.165) is 10.2 Å². The molecule has 4 rings (SSSR count). The van der Waals surface area contributed by atoms with E-state index < -0.39 is 0 Å². The van der Waals surface area contributed by atoms with Crippen molar-refractivity contribution in [1.82, 2.24) is 9.97 Å². The molecule has 4 aromatic heterocycles. The van der Waals surface area contributed by atoms with E-state index in [1.54, 1.807) is 0 Å². The van der Waals surface area contributed by atoms with Gasteiger partial charge in [0.2, 0.25) is 0 Å². The molecule has 34 heavy (non-hydrogen) atoms. The van der Waals surface area contributed by atoms with Gasteiger partial charge in [0.1, 0.15) is 0 Å². The van der Waals surface area contributed by atoms with Gasteiger partial charge in [0.15, 0.2) is 24.8 Å². The first kappa shape index (κ1) is 35.6. The predicted octanol–water partition coefficient (Wildman–Crippen LogP) is -3.52. The molecule has 12 heteroatoms. The molecule has 0 fully saturated rings. The van der Waals surface area contributed by atoms with Crippen molar-refractivity contribution in [2.24, 2.45) is 0 Å². The van der Waals surface area contributed by atoms with Gasteiger partial charge in [-0.3, -0.25) is 9.97 Å². The normalized spacial score (nSPS) is 8.94. The molecular weight excluding hydrogens is 618 g/mol. The molecule has 0 amide bonds. The first-order valence-corrected chi connectivity index (χ1v) is 13.1. The summed E-state index contributed by atoms with van der Waals surface area (Å²) in [4.78, 5) is 19.1. The van der Waals surface area contributed by atoms with Crippen molar-refractivity contribution in [2.45, 2.75) is 19.6 Å². The Labute approximate surface area is 247 Å². The Bertz CT molecular complexity index is 807. The van der Waals surface area contributed by atoms with Gasteiger partial charge >= 0.3 is 17.1 Å². The van der Waals surface area contributed by atoms with Gasteiger partial charge in [0.25, 0.3) is 0 Å². The molecule has 0 aliphatic carbocycles. The number of thioether (sulfide) groups is 4. The Morgan fingerprint density at radius 3 is 1.03 bits per heavy atom. The Balaban J connectivity index is 0. The molecule has 4 nitrogen and oxygen atoms in total. The summed E-state index contributed by atoms with van der Waals surface area (Å²) < 4.78 is 0. The van der Waals surface area contributed by atoms with E-state index in [4.69, 9.17) is 0 Å². The quantitative estimate of drug-likeness (QED) is 0.113. The molecule has 0 saturated heterocycles. The van der Waals surface area contributed by atoms with E-state index in [-0.39, 0.29) is 54.3 Å². The third kappa shape index (κ3) is 15.4. The van der Waals surface area contributed by atoms with E-state index in [9.17, 15) is 0 Å². The van der Waals surface area contributed by atoms with Gasteiger partial charge in [-0.25, -0.2) is 9.97 Å². The average Bonchev–Trinajstić information content (AvgIpc) is 2.82. The van der Waals surface area contributed by atoms with Crippen molar-refractivity contribution in [3.63, 3.8) is 0 Å². The average molecular weight is 641 g/mol. The van der Waals surface area contributed by atoms with E-state index in [2.05, 4.69) is 44.2 Å². The number of nitrogens with one attached hydrogen (secondary N) is 2. The molecule has 0 bridgehead atoms. The number of H-pyrrole nitrogens is 2. The first-order valence-electron chi connectivity index (χ1n) is 9.13. The molecular formula is C22H22Cl3CuN4S4. The van der Waals surface area contributed by atoms with Gasteiger partial charge in [0, 0.05) is 78.8 Å². The van der Waals surface area contributed by atoms with Crippen molar-refractivity contribution < 1.29 is 64.3 Å². The Kier molecular flexibility index (Phi) is 23.9. The summed E-state index contributed by atoms with van der Waals surface area (Å²) in [6.07, 6.45) is 15.1. The smallest absolute Gasteiger partial charge is 1.00 e. The topological polar surface area (TPSA) is 54.1 Å². The number of hydrogen-bond acceptors (Lipinski definition) is 6. The van der Waals surface area contributed by atoms with Crippen LogP contribution in [0.4, 0.5) is 0 Å². The van der Waals surface area contributed by atoms with Crippen molar-refractivity contribution >= 4 is 47.0 Å². The monoisotopic (exact) mass is 638 g/mol. The number of pyridine rings is 4. The Morgan fingerprint density at radius 2 is 0.735 bits per heavy atom. The molecule has 0 aromatic carbocycles. The van der Waals surface area contributed by atoms with Crippen LogP contribution in [0.25, 0.3) is 0 Å². The van der Waals surface area contributed by atoms with Gasteiger partial charge < -0.3 is 37.2 Å². The fourth-order valence-corrected chi connectivity index (χ4v) is 6.07. The minimum absolute atomic E-state index is 0. The number of halogens is 3. The number of nitrogens with zero attached hydrogens (tertiary/aromatic N) is 2. The molecule has 0 atom stereocenters. The van der Waals surface area contributed by atoms with Gasteiger partial charge in [-0.2, -0.15) is 0 Å². The van der Waals surface area contributed by atoms with Crippen molar-refractivity contribution in [2.75, 3.05) is 10.2 Å². The van der Waals surface area contributed by atoms with E-state index in [1.807, 2.05) is 121 Å². The summed E-state index contributed by atoms with van der Waals surface area (Å²) in [5.41, 5.74) is 0. The summed E-state index contributed by atoms with van der Waals surface area (Å²) in [6.45, 7) is 0. The van der Waals surface area contributed by atoms with Gasteiger partial charge in [-0.15, -0.1) is 47.0 Å². The molecule has 0 saturated carbocycles. The Hall–Kier alpha value is -0.611. The fraction of sp³-hybridized carbons (Fsp3) is 0.0909. The molecule has 0 aliphatic heterocycles. The maximum absolute atomic E-state index is 3.99. The number of rotatable bonds is 8. The second-order valence-corrected chi connectivity index (χ2v) is 10.6. The predicted molar refractivity (Wildman–Crippen MR) is 128 cm³/mol. The van der Waals surface area contributed by atoms with Crippen LogP contribution >= 0.6 is 47.0 Å². The molecule has 2 N–H and O–H groups in total. The zero-order valence-electron chi connectivity index (χ0n) is 17.6. The third-order valence-electron chi connectivity index (χ3n) is 3.58. The van der Waals surface area contributed by atoms with Gasteiger partial charge in [-0.1, -0.05) is 0 Å². The van der Waals surface area contributed by atoms with Crippen molar-refractivity contribution in [1.29, 1.82) is 0 Å². The number of aromatic amines is 2. The third-order valence-corrected chi connectivity index (χ3v) is 7.88. The van der Waals surface area contributed by atoms with Crippen LogP contribution in [0.3, 0.4) is 0 Å². The maximum Gasteiger partial charge on any atom is 1.00 e. The van der Waals surface area contributed by atoms with E-state index in [0.29, 0.717) is 0 Å². The van der Waals surface area contributed by atoms with E-state index in [1.165, 1.54) is 19.6 Å². The van der Waals surface area contributed by atoms with Gasteiger partial charge in [-0.05, 0) is 24.3 Å². The van der Waals surface area contributed by atoms with Crippen LogP contribution in [0.5, 0.6) is 0 Å². The molecule has 4 heterocycles.